The van der Waals surface area contributed by atoms with Crippen molar-refractivity contribution in [3.63, 3.8) is 0 Å². The minimum Gasteiger partial charge on any atom is -0.477 e. The topological polar surface area (TPSA) is 78.2 Å². The molecule has 6 rings (SSSR count). The number of halogens is 1. The molecule has 4 heterocycles. The van der Waals surface area contributed by atoms with Crippen molar-refractivity contribution in [3.8, 4) is 0 Å². The van der Waals surface area contributed by atoms with Gasteiger partial charge in [0.1, 0.15) is 11.4 Å². The van der Waals surface area contributed by atoms with Crippen molar-refractivity contribution in [1.82, 2.24) is 14.4 Å². The van der Waals surface area contributed by atoms with Crippen LogP contribution in [0.4, 0.5) is 10.1 Å². The van der Waals surface area contributed by atoms with Crippen LogP contribution in [0.25, 0.3) is 10.9 Å². The molecule has 1 aliphatic carbocycles. The number of nitrogens with zero attached hydrogens (tertiary/aromatic N) is 4. The van der Waals surface area contributed by atoms with Gasteiger partial charge in [-0.2, -0.15) is 0 Å². The molecule has 0 amide bonds. The average molecular weight is 471 g/mol. The fourth-order valence-corrected chi connectivity index (χ4v) is 6.03. The second-order valence-corrected chi connectivity index (χ2v) is 10.1. The summed E-state index contributed by atoms with van der Waals surface area (Å²) in [4.78, 5) is 31.5. The number of hydrogen-bond donors (Lipinski definition) is 1. The number of likely N-dealkylation sites (tertiary alicyclic amines) is 1. The van der Waals surface area contributed by atoms with Gasteiger partial charge in [-0.3, -0.25) is 14.6 Å². The van der Waals surface area contributed by atoms with E-state index in [2.05, 4.69) is 14.7 Å². The molecular weight excluding hydrogens is 439 g/mol. The van der Waals surface area contributed by atoms with Gasteiger partial charge in [-0.15, -0.1) is 0 Å². The summed E-state index contributed by atoms with van der Waals surface area (Å²) in [6, 6.07) is 3.89. The molecule has 0 spiro atoms. The molecule has 3 saturated heterocycles. The third-order valence-corrected chi connectivity index (χ3v) is 7.96. The minimum absolute atomic E-state index is 0.155. The van der Waals surface area contributed by atoms with E-state index in [-0.39, 0.29) is 23.0 Å². The second-order valence-electron chi connectivity index (χ2n) is 10.1. The Morgan fingerprint density at radius 3 is 2.56 bits per heavy atom. The Labute approximate surface area is 197 Å². The standard InChI is InChI=1S/C25H31FN4O4/c26-21-11-19-22(30(16-2-3-16)15-20(24(19)31)25(32)33)12-23(21)29-14-17-10-18(29)13-28(17)5-1-4-27-6-8-34-9-7-27/h11-12,15-18H,1-10,13-14H2,(H,32,33). The summed E-state index contributed by atoms with van der Waals surface area (Å²) in [7, 11) is 0. The van der Waals surface area contributed by atoms with Crippen LogP contribution in [0.2, 0.25) is 0 Å². The molecule has 0 radical (unpaired) electrons. The zero-order valence-corrected chi connectivity index (χ0v) is 19.3. The molecule has 8 nitrogen and oxygen atoms in total. The lowest BCUT2D eigenvalue weighted by Crippen LogP contribution is -2.47. The molecule has 34 heavy (non-hydrogen) atoms. The summed E-state index contributed by atoms with van der Waals surface area (Å²) in [6.45, 7) is 7.55. The van der Waals surface area contributed by atoms with E-state index < -0.39 is 17.2 Å². The smallest absolute Gasteiger partial charge is 0.341 e. The van der Waals surface area contributed by atoms with Gasteiger partial charge in [-0.25, -0.2) is 9.18 Å². The highest BCUT2D eigenvalue weighted by molar-refractivity contribution is 5.93. The number of ether oxygens (including phenoxy) is 1. The summed E-state index contributed by atoms with van der Waals surface area (Å²) >= 11 is 0. The SMILES string of the molecule is O=C(O)c1cn(C2CC2)c2cc(N3CC4CC3CN4CCCN3CCOCC3)c(F)cc2c1=O. The average Bonchev–Trinajstić information content (AvgIpc) is 3.49. The molecule has 182 valence electrons. The fraction of sp³-hybridized carbons (Fsp3) is 0.600. The first-order valence-electron chi connectivity index (χ1n) is 12.4. The number of rotatable bonds is 7. The molecule has 2 unspecified atom stereocenters. The number of piperazine rings is 1. The number of carboxylic acids is 1. The number of aromatic carboxylic acids is 1. The molecule has 1 saturated carbocycles. The molecule has 9 heteroatoms. The molecule has 4 aliphatic rings. The van der Waals surface area contributed by atoms with Crippen LogP contribution in [0, 0.1) is 5.82 Å². The van der Waals surface area contributed by atoms with Crippen molar-refractivity contribution < 1.29 is 19.0 Å². The summed E-state index contributed by atoms with van der Waals surface area (Å²) in [5.41, 5.74) is 0.266. The lowest BCUT2D eigenvalue weighted by atomic mass is 10.1. The predicted octanol–water partition coefficient (Wildman–Crippen LogP) is 2.16. The van der Waals surface area contributed by atoms with Crippen LogP contribution in [0.15, 0.2) is 23.1 Å². The maximum absolute atomic E-state index is 15.3. The molecule has 1 N–H and O–H groups in total. The van der Waals surface area contributed by atoms with Gasteiger partial charge in [0.05, 0.1) is 24.4 Å². The van der Waals surface area contributed by atoms with Crippen molar-refractivity contribution in [2.45, 2.75) is 43.8 Å². The van der Waals surface area contributed by atoms with E-state index in [9.17, 15) is 14.7 Å². The van der Waals surface area contributed by atoms with Crippen LogP contribution in [0.3, 0.4) is 0 Å². The largest absolute Gasteiger partial charge is 0.477 e. The Balaban J connectivity index is 1.20. The molecule has 2 atom stereocenters. The highest BCUT2D eigenvalue weighted by Crippen LogP contribution is 2.40. The first kappa shape index (κ1) is 22.0. The van der Waals surface area contributed by atoms with Crippen LogP contribution in [0.1, 0.15) is 42.1 Å². The van der Waals surface area contributed by atoms with Crippen LogP contribution < -0.4 is 10.3 Å². The molecule has 4 fully saturated rings. The van der Waals surface area contributed by atoms with E-state index >= 15 is 4.39 Å². The lowest BCUT2D eigenvalue weighted by molar-refractivity contribution is 0.0358. The van der Waals surface area contributed by atoms with Gasteiger partial charge in [-0.1, -0.05) is 0 Å². The molecule has 1 aromatic heterocycles. The summed E-state index contributed by atoms with van der Waals surface area (Å²) < 4.78 is 22.6. The molecule has 3 aliphatic heterocycles. The van der Waals surface area contributed by atoms with E-state index in [1.165, 1.54) is 12.3 Å². The Bertz CT molecular complexity index is 1170. The number of benzene rings is 1. The molecule has 2 bridgehead atoms. The van der Waals surface area contributed by atoms with Crippen molar-refractivity contribution in [1.29, 1.82) is 0 Å². The maximum Gasteiger partial charge on any atom is 0.341 e. The summed E-state index contributed by atoms with van der Waals surface area (Å²) in [5, 5.41) is 9.61. The van der Waals surface area contributed by atoms with E-state index in [0.717, 1.165) is 78.2 Å². The lowest BCUT2D eigenvalue weighted by Gasteiger charge is -2.36. The van der Waals surface area contributed by atoms with Gasteiger partial charge in [-0.05, 0) is 50.9 Å². The number of pyridine rings is 1. The van der Waals surface area contributed by atoms with E-state index in [1.54, 1.807) is 6.07 Å². The number of morpholine rings is 1. The van der Waals surface area contributed by atoms with Gasteiger partial charge < -0.3 is 19.3 Å². The number of fused-ring (bicyclic) bond motifs is 3. The Hall–Kier alpha value is -2.49. The van der Waals surface area contributed by atoms with Gasteiger partial charge >= 0.3 is 5.97 Å². The quantitative estimate of drug-likeness (QED) is 0.665. The highest BCUT2D eigenvalue weighted by Gasteiger charge is 2.43. The van der Waals surface area contributed by atoms with Gasteiger partial charge in [0, 0.05) is 55.9 Å². The van der Waals surface area contributed by atoms with Crippen molar-refractivity contribution >= 4 is 22.6 Å². The third-order valence-electron chi connectivity index (χ3n) is 7.96. The van der Waals surface area contributed by atoms with Gasteiger partial charge in [0.2, 0.25) is 5.43 Å². The third kappa shape index (κ3) is 3.89. The van der Waals surface area contributed by atoms with Crippen LogP contribution in [-0.4, -0.2) is 90.0 Å². The number of carbonyl (C=O) groups is 1. The van der Waals surface area contributed by atoms with E-state index in [4.69, 9.17) is 4.74 Å². The highest BCUT2D eigenvalue weighted by atomic mass is 19.1. The predicted molar refractivity (Wildman–Crippen MR) is 126 cm³/mol. The van der Waals surface area contributed by atoms with Gasteiger partial charge in [0.15, 0.2) is 0 Å². The number of aromatic nitrogens is 1. The maximum atomic E-state index is 15.3. The zero-order chi connectivity index (χ0) is 23.4. The molecular formula is C25H31FN4O4. The monoisotopic (exact) mass is 470 g/mol. The van der Waals surface area contributed by atoms with Crippen LogP contribution >= 0.6 is 0 Å². The van der Waals surface area contributed by atoms with Crippen molar-refractivity contribution in [3.05, 3.63) is 39.9 Å². The molecule has 1 aromatic carbocycles. The Morgan fingerprint density at radius 2 is 1.88 bits per heavy atom. The fourth-order valence-electron chi connectivity index (χ4n) is 6.03. The van der Waals surface area contributed by atoms with E-state index in [1.807, 2.05) is 4.57 Å². The van der Waals surface area contributed by atoms with Crippen LogP contribution in [-0.2, 0) is 4.74 Å². The number of anilines is 1. The Morgan fingerprint density at radius 1 is 1.09 bits per heavy atom. The van der Waals surface area contributed by atoms with Crippen LogP contribution in [0.5, 0.6) is 0 Å². The van der Waals surface area contributed by atoms with E-state index in [0.29, 0.717) is 17.2 Å². The summed E-state index contributed by atoms with van der Waals surface area (Å²) in [5.74, 6) is -1.71. The first-order chi connectivity index (χ1) is 16.5. The van der Waals surface area contributed by atoms with Crippen molar-refractivity contribution in [2.24, 2.45) is 0 Å². The van der Waals surface area contributed by atoms with Gasteiger partial charge in [0.25, 0.3) is 0 Å². The number of carboxylic acid groups (broad SMARTS) is 1. The normalized spacial score (nSPS) is 25.5. The number of hydrogen-bond acceptors (Lipinski definition) is 6. The van der Waals surface area contributed by atoms with Crippen molar-refractivity contribution in [2.75, 3.05) is 57.4 Å². The first-order valence-corrected chi connectivity index (χ1v) is 12.4. The summed E-state index contributed by atoms with van der Waals surface area (Å²) in [6.07, 6.45) is 5.49. The molecule has 2 aromatic rings. The minimum atomic E-state index is -1.27. The zero-order valence-electron chi connectivity index (χ0n) is 19.3. The second kappa shape index (κ2) is 8.62. The Kier molecular flexibility index (Phi) is 5.58.